The zero-order valence-corrected chi connectivity index (χ0v) is 17.1. The van der Waals surface area contributed by atoms with Crippen molar-refractivity contribution in [2.24, 2.45) is 0 Å². The number of anilines is 1. The number of allylic oxidation sites excluding steroid dienone is 1. The SMILES string of the molecule is Cc1ccccc1NC1=C(c2ccccc2)C(=O)CC(c2ccc(Cl)cc2)S1. The minimum Gasteiger partial charge on any atom is -0.349 e. The van der Waals surface area contributed by atoms with E-state index in [0.29, 0.717) is 11.4 Å². The van der Waals surface area contributed by atoms with Crippen molar-refractivity contribution < 1.29 is 4.79 Å². The van der Waals surface area contributed by atoms with E-state index >= 15 is 0 Å². The number of nitrogens with one attached hydrogen (secondary N) is 1. The molecule has 4 heteroatoms. The number of carbonyl (C=O) groups is 1. The van der Waals surface area contributed by atoms with Gasteiger partial charge in [-0.3, -0.25) is 4.79 Å². The molecule has 1 aliphatic heterocycles. The summed E-state index contributed by atoms with van der Waals surface area (Å²) < 4.78 is 0. The van der Waals surface area contributed by atoms with Gasteiger partial charge in [-0.05, 0) is 41.8 Å². The van der Waals surface area contributed by atoms with Crippen LogP contribution in [0.1, 0.15) is 28.4 Å². The molecule has 3 aromatic rings. The maximum atomic E-state index is 13.2. The molecule has 0 saturated carbocycles. The normalized spacial score (nSPS) is 16.9. The van der Waals surface area contributed by atoms with Gasteiger partial charge in [-0.15, -0.1) is 0 Å². The maximum Gasteiger partial charge on any atom is 0.167 e. The highest BCUT2D eigenvalue weighted by Gasteiger charge is 2.30. The third-order valence-electron chi connectivity index (χ3n) is 4.83. The first-order valence-electron chi connectivity index (χ1n) is 9.19. The predicted octanol–water partition coefficient (Wildman–Crippen LogP) is 6.88. The highest BCUT2D eigenvalue weighted by Crippen LogP contribution is 2.46. The Morgan fingerprint density at radius 2 is 1.61 bits per heavy atom. The van der Waals surface area contributed by atoms with Crippen LogP contribution in [0.2, 0.25) is 5.02 Å². The Morgan fingerprint density at radius 3 is 2.32 bits per heavy atom. The van der Waals surface area contributed by atoms with Crippen LogP contribution in [0.5, 0.6) is 0 Å². The van der Waals surface area contributed by atoms with E-state index < -0.39 is 0 Å². The third kappa shape index (κ3) is 4.01. The molecule has 2 nitrogen and oxygen atoms in total. The number of para-hydroxylation sites is 1. The van der Waals surface area contributed by atoms with Gasteiger partial charge in [0.15, 0.2) is 5.78 Å². The van der Waals surface area contributed by atoms with Crippen LogP contribution < -0.4 is 5.32 Å². The number of ketones is 1. The first-order valence-corrected chi connectivity index (χ1v) is 10.5. The van der Waals surface area contributed by atoms with E-state index in [1.807, 2.05) is 72.8 Å². The first kappa shape index (κ1) is 18.9. The molecular formula is C24H20ClNOS. The summed E-state index contributed by atoms with van der Waals surface area (Å²) in [4.78, 5) is 13.2. The van der Waals surface area contributed by atoms with Gasteiger partial charge in [-0.25, -0.2) is 0 Å². The summed E-state index contributed by atoms with van der Waals surface area (Å²) in [6.45, 7) is 2.07. The lowest BCUT2D eigenvalue weighted by Crippen LogP contribution is -2.17. The molecule has 1 N–H and O–H groups in total. The number of benzene rings is 3. The second-order valence-electron chi connectivity index (χ2n) is 6.80. The van der Waals surface area contributed by atoms with Crippen LogP contribution in [0.4, 0.5) is 5.69 Å². The lowest BCUT2D eigenvalue weighted by Gasteiger charge is -2.27. The van der Waals surface area contributed by atoms with E-state index in [-0.39, 0.29) is 11.0 Å². The number of hydrogen-bond donors (Lipinski definition) is 1. The summed E-state index contributed by atoms with van der Waals surface area (Å²) in [5.74, 6) is 0.154. The second kappa shape index (κ2) is 8.26. The van der Waals surface area contributed by atoms with Gasteiger partial charge in [0.05, 0.1) is 10.6 Å². The summed E-state index contributed by atoms with van der Waals surface area (Å²) in [7, 11) is 0. The fourth-order valence-corrected chi connectivity index (χ4v) is 4.78. The summed E-state index contributed by atoms with van der Waals surface area (Å²) in [6.07, 6.45) is 0.468. The predicted molar refractivity (Wildman–Crippen MR) is 120 cm³/mol. The van der Waals surface area contributed by atoms with Crippen molar-refractivity contribution in [1.29, 1.82) is 0 Å². The number of rotatable bonds is 4. The van der Waals surface area contributed by atoms with Crippen molar-refractivity contribution >= 4 is 40.4 Å². The van der Waals surface area contributed by atoms with Crippen molar-refractivity contribution in [2.45, 2.75) is 18.6 Å². The molecule has 0 aromatic heterocycles. The van der Waals surface area contributed by atoms with Crippen LogP contribution in [0.15, 0.2) is 83.9 Å². The van der Waals surface area contributed by atoms with Crippen molar-refractivity contribution in [3.05, 3.63) is 106 Å². The topological polar surface area (TPSA) is 29.1 Å². The van der Waals surface area contributed by atoms with E-state index in [4.69, 9.17) is 11.6 Å². The van der Waals surface area contributed by atoms with Crippen LogP contribution in [0.25, 0.3) is 5.57 Å². The lowest BCUT2D eigenvalue weighted by molar-refractivity contribution is -0.113. The average molecular weight is 406 g/mol. The van der Waals surface area contributed by atoms with Gasteiger partial charge in [0.25, 0.3) is 0 Å². The van der Waals surface area contributed by atoms with Crippen LogP contribution in [0, 0.1) is 6.92 Å². The van der Waals surface area contributed by atoms with Gasteiger partial charge < -0.3 is 5.32 Å². The Labute approximate surface area is 174 Å². The summed E-state index contributed by atoms with van der Waals surface area (Å²) in [5, 5.41) is 5.20. The quantitative estimate of drug-likeness (QED) is 0.513. The average Bonchev–Trinajstić information content (AvgIpc) is 2.71. The van der Waals surface area contributed by atoms with E-state index in [1.54, 1.807) is 11.8 Å². The van der Waals surface area contributed by atoms with Gasteiger partial charge in [-0.2, -0.15) is 0 Å². The summed E-state index contributed by atoms with van der Waals surface area (Å²) in [6, 6.07) is 25.8. The molecule has 0 fully saturated rings. The van der Waals surface area contributed by atoms with Crippen LogP contribution >= 0.6 is 23.4 Å². The van der Waals surface area contributed by atoms with Crippen LogP contribution in [-0.4, -0.2) is 5.78 Å². The zero-order chi connectivity index (χ0) is 19.5. The molecule has 0 spiro atoms. The van der Waals surface area contributed by atoms with Crippen molar-refractivity contribution in [3.8, 4) is 0 Å². The molecule has 0 bridgehead atoms. The molecule has 0 aliphatic carbocycles. The monoisotopic (exact) mass is 405 g/mol. The largest absolute Gasteiger partial charge is 0.349 e. The summed E-state index contributed by atoms with van der Waals surface area (Å²) in [5.41, 5.74) is 4.98. The van der Waals surface area contributed by atoms with E-state index in [2.05, 4.69) is 18.3 Å². The fourth-order valence-electron chi connectivity index (χ4n) is 3.33. The molecule has 1 unspecified atom stereocenters. The highest BCUT2D eigenvalue weighted by atomic mass is 35.5. The molecule has 0 saturated heterocycles. The fraction of sp³-hybridized carbons (Fsp3) is 0.125. The molecule has 1 aliphatic rings. The second-order valence-corrected chi connectivity index (χ2v) is 8.44. The Morgan fingerprint density at radius 1 is 0.929 bits per heavy atom. The molecule has 1 heterocycles. The number of thioether (sulfide) groups is 1. The maximum absolute atomic E-state index is 13.2. The van der Waals surface area contributed by atoms with Crippen LogP contribution in [-0.2, 0) is 4.79 Å². The van der Waals surface area contributed by atoms with E-state index in [0.717, 1.165) is 33.0 Å². The van der Waals surface area contributed by atoms with Crippen molar-refractivity contribution in [2.75, 3.05) is 5.32 Å². The highest BCUT2D eigenvalue weighted by molar-refractivity contribution is 8.03. The van der Waals surface area contributed by atoms with Gasteiger partial charge in [0, 0.05) is 22.4 Å². The van der Waals surface area contributed by atoms with Crippen molar-refractivity contribution in [3.63, 3.8) is 0 Å². The number of Topliss-reactive ketones (excluding diaryl/α,β-unsaturated/α-hetero) is 1. The minimum absolute atomic E-state index is 0.0590. The Kier molecular flexibility index (Phi) is 5.56. The lowest BCUT2D eigenvalue weighted by atomic mass is 9.96. The molecule has 0 radical (unpaired) electrons. The Bertz CT molecular complexity index is 1030. The molecule has 3 aromatic carbocycles. The molecule has 1 atom stereocenters. The summed E-state index contributed by atoms with van der Waals surface area (Å²) >= 11 is 7.75. The van der Waals surface area contributed by atoms with E-state index in [1.165, 1.54) is 0 Å². The smallest absolute Gasteiger partial charge is 0.167 e. The number of halogens is 1. The minimum atomic E-state index is 0.0590. The van der Waals surface area contributed by atoms with Crippen molar-refractivity contribution in [1.82, 2.24) is 0 Å². The van der Waals surface area contributed by atoms with Gasteiger partial charge in [-0.1, -0.05) is 84.0 Å². The Hall–Kier alpha value is -2.49. The molecular weight excluding hydrogens is 386 g/mol. The first-order chi connectivity index (χ1) is 13.6. The molecule has 0 amide bonds. The zero-order valence-electron chi connectivity index (χ0n) is 15.5. The van der Waals surface area contributed by atoms with Crippen LogP contribution in [0.3, 0.4) is 0 Å². The van der Waals surface area contributed by atoms with Gasteiger partial charge >= 0.3 is 0 Å². The molecule has 28 heavy (non-hydrogen) atoms. The van der Waals surface area contributed by atoms with Gasteiger partial charge in [0.2, 0.25) is 0 Å². The standard InChI is InChI=1S/C24H20ClNOS/c1-16-7-5-6-10-20(16)26-24-23(18-8-3-2-4-9-18)21(27)15-22(28-24)17-11-13-19(25)14-12-17/h2-14,22,26H,15H2,1H3. The van der Waals surface area contributed by atoms with Gasteiger partial charge in [0.1, 0.15) is 0 Å². The number of aryl methyl sites for hydroxylation is 1. The number of hydrogen-bond acceptors (Lipinski definition) is 3. The Balaban J connectivity index is 1.76. The molecule has 4 rings (SSSR count). The number of carbonyl (C=O) groups excluding carboxylic acids is 1. The third-order valence-corrected chi connectivity index (χ3v) is 6.35. The van der Waals surface area contributed by atoms with E-state index in [9.17, 15) is 4.79 Å². The molecule has 140 valence electrons.